The number of likely N-dealkylation sites (N-methyl/N-ethyl adjacent to an activating group) is 1. The third-order valence-electron chi connectivity index (χ3n) is 3.42. The molecule has 0 N–H and O–H groups in total. The Bertz CT molecular complexity index is 710. The number of rotatable bonds is 3. The molecule has 3 rings (SSSR count). The summed E-state index contributed by atoms with van der Waals surface area (Å²) < 4.78 is 0. The number of hydrogen-bond donors (Lipinski definition) is 0. The van der Waals surface area contributed by atoms with Crippen molar-refractivity contribution in [1.29, 1.82) is 0 Å². The molecule has 4 nitrogen and oxygen atoms in total. The first kappa shape index (κ1) is 13.4. The molecule has 0 fully saturated rings. The van der Waals surface area contributed by atoms with Crippen molar-refractivity contribution in [2.75, 3.05) is 13.1 Å². The van der Waals surface area contributed by atoms with E-state index in [2.05, 4.69) is 52.1 Å². The Morgan fingerprint density at radius 1 is 1.19 bits per heavy atom. The van der Waals surface area contributed by atoms with Gasteiger partial charge in [-0.3, -0.25) is 0 Å². The van der Waals surface area contributed by atoms with Gasteiger partial charge < -0.3 is 4.90 Å². The van der Waals surface area contributed by atoms with E-state index in [1.807, 2.05) is 24.3 Å². The highest BCUT2D eigenvalue weighted by Crippen LogP contribution is 2.09. The maximum atomic E-state index is 4.43. The van der Waals surface area contributed by atoms with Crippen molar-refractivity contribution in [3.63, 3.8) is 0 Å². The van der Waals surface area contributed by atoms with Gasteiger partial charge in [0.25, 0.3) is 0 Å². The average molecular weight is 278 g/mol. The summed E-state index contributed by atoms with van der Waals surface area (Å²) in [6, 6.07) is 7.90. The van der Waals surface area contributed by atoms with E-state index in [1.54, 1.807) is 4.80 Å². The van der Waals surface area contributed by atoms with Crippen molar-refractivity contribution >= 4 is 11.0 Å². The molecule has 0 amide bonds. The average Bonchev–Trinajstić information content (AvgIpc) is 2.94. The van der Waals surface area contributed by atoms with Gasteiger partial charge in [0.05, 0.1) is 12.2 Å². The fourth-order valence-corrected chi connectivity index (χ4v) is 2.28. The summed E-state index contributed by atoms with van der Waals surface area (Å²) in [5.74, 6) is 6.46. The Morgan fingerprint density at radius 3 is 2.67 bits per heavy atom. The lowest BCUT2D eigenvalue weighted by Gasteiger charge is -2.22. The highest BCUT2D eigenvalue weighted by Gasteiger charge is 2.05. The molecule has 2 aromatic rings. The largest absolute Gasteiger partial charge is 0.361 e. The van der Waals surface area contributed by atoms with Crippen molar-refractivity contribution < 1.29 is 0 Å². The first-order chi connectivity index (χ1) is 10.4. The predicted molar refractivity (Wildman–Crippen MR) is 84.4 cm³/mol. The van der Waals surface area contributed by atoms with Crippen LogP contribution in [-0.4, -0.2) is 33.0 Å². The zero-order valence-electron chi connectivity index (χ0n) is 12.2. The summed E-state index contributed by atoms with van der Waals surface area (Å²) in [7, 11) is 0. The van der Waals surface area contributed by atoms with Gasteiger partial charge in [-0.25, -0.2) is 0 Å². The third-order valence-corrected chi connectivity index (χ3v) is 3.42. The molecule has 21 heavy (non-hydrogen) atoms. The molecule has 4 heteroatoms. The van der Waals surface area contributed by atoms with Gasteiger partial charge in [0.15, 0.2) is 0 Å². The highest BCUT2D eigenvalue weighted by atomic mass is 15.5. The standard InChI is InChI=1S/C17H18N4/c1-2-20-13-7-5-9-15(20)10-6-8-14-21-18-16-11-3-4-12-17(16)19-21/h3-5,7,9,11-12H,2,8,13-14H2,1H3. The Balaban J connectivity index is 1.62. The maximum Gasteiger partial charge on any atom is 0.113 e. The van der Waals surface area contributed by atoms with Crippen LogP contribution in [-0.2, 0) is 6.54 Å². The summed E-state index contributed by atoms with van der Waals surface area (Å²) in [6.07, 6.45) is 7.03. The highest BCUT2D eigenvalue weighted by molar-refractivity contribution is 5.72. The Labute approximate surface area is 124 Å². The number of benzene rings is 1. The van der Waals surface area contributed by atoms with Crippen molar-refractivity contribution in [1.82, 2.24) is 19.9 Å². The van der Waals surface area contributed by atoms with Crippen LogP contribution in [0.15, 0.2) is 48.2 Å². The quantitative estimate of drug-likeness (QED) is 0.809. The number of allylic oxidation sites excluding steroid dienone is 3. The van der Waals surface area contributed by atoms with Gasteiger partial charge in [0.2, 0.25) is 0 Å². The molecule has 2 heterocycles. The Kier molecular flexibility index (Phi) is 4.02. The first-order valence-corrected chi connectivity index (χ1v) is 7.27. The fraction of sp³-hybridized carbons (Fsp3) is 0.294. The van der Waals surface area contributed by atoms with Crippen LogP contribution < -0.4 is 0 Å². The van der Waals surface area contributed by atoms with Crippen LogP contribution >= 0.6 is 0 Å². The summed E-state index contributed by atoms with van der Waals surface area (Å²) in [6.45, 7) is 4.80. The minimum atomic E-state index is 0.719. The van der Waals surface area contributed by atoms with Crippen LogP contribution in [0.1, 0.15) is 13.3 Å². The fourth-order valence-electron chi connectivity index (χ4n) is 2.28. The summed E-state index contributed by atoms with van der Waals surface area (Å²) >= 11 is 0. The van der Waals surface area contributed by atoms with Crippen LogP contribution in [0.5, 0.6) is 0 Å². The van der Waals surface area contributed by atoms with Crippen LogP contribution in [0.25, 0.3) is 11.0 Å². The second-order valence-electron chi connectivity index (χ2n) is 4.86. The Morgan fingerprint density at radius 2 is 1.95 bits per heavy atom. The SMILES string of the molecule is CCN1CC=CC=C1C#CCCn1nc2ccccc2n1. The zero-order valence-corrected chi connectivity index (χ0v) is 12.2. The molecule has 0 bridgehead atoms. The van der Waals surface area contributed by atoms with E-state index >= 15 is 0 Å². The molecule has 0 unspecified atom stereocenters. The number of hydrogen-bond acceptors (Lipinski definition) is 3. The monoisotopic (exact) mass is 278 g/mol. The number of fused-ring (bicyclic) bond motifs is 1. The maximum absolute atomic E-state index is 4.43. The minimum Gasteiger partial charge on any atom is -0.361 e. The van der Waals surface area contributed by atoms with Crippen LogP contribution in [0.3, 0.4) is 0 Å². The molecule has 0 atom stereocenters. The molecule has 1 aromatic carbocycles. The number of aromatic nitrogens is 3. The van der Waals surface area contributed by atoms with Crippen LogP contribution in [0.4, 0.5) is 0 Å². The van der Waals surface area contributed by atoms with E-state index in [9.17, 15) is 0 Å². The smallest absolute Gasteiger partial charge is 0.113 e. The predicted octanol–water partition coefficient (Wildman–Crippen LogP) is 2.60. The molecular weight excluding hydrogens is 260 g/mol. The molecule has 0 saturated heterocycles. The second-order valence-corrected chi connectivity index (χ2v) is 4.86. The molecular formula is C17H18N4. The van der Waals surface area contributed by atoms with Gasteiger partial charge >= 0.3 is 0 Å². The van der Waals surface area contributed by atoms with Crippen LogP contribution in [0.2, 0.25) is 0 Å². The molecule has 0 aliphatic carbocycles. The topological polar surface area (TPSA) is 34.0 Å². The Hall–Kier alpha value is -2.54. The number of aryl methyl sites for hydroxylation is 1. The van der Waals surface area contributed by atoms with Gasteiger partial charge in [-0.2, -0.15) is 15.0 Å². The van der Waals surface area contributed by atoms with Crippen molar-refractivity contribution in [2.24, 2.45) is 0 Å². The van der Waals surface area contributed by atoms with E-state index in [0.29, 0.717) is 0 Å². The van der Waals surface area contributed by atoms with Gasteiger partial charge in [-0.15, -0.1) is 0 Å². The summed E-state index contributed by atoms with van der Waals surface area (Å²) in [4.78, 5) is 3.99. The van der Waals surface area contributed by atoms with Crippen LogP contribution in [0, 0.1) is 11.8 Å². The van der Waals surface area contributed by atoms with E-state index in [1.165, 1.54) is 0 Å². The first-order valence-electron chi connectivity index (χ1n) is 7.27. The lowest BCUT2D eigenvalue weighted by Crippen LogP contribution is -2.23. The molecule has 1 aromatic heterocycles. The molecule has 1 aliphatic heterocycles. The van der Waals surface area contributed by atoms with Crippen molar-refractivity contribution in [3.05, 3.63) is 48.2 Å². The summed E-state index contributed by atoms with van der Waals surface area (Å²) in [5.41, 5.74) is 2.96. The van der Waals surface area contributed by atoms with E-state index < -0.39 is 0 Å². The van der Waals surface area contributed by atoms with E-state index in [-0.39, 0.29) is 0 Å². The molecule has 1 aliphatic rings. The van der Waals surface area contributed by atoms with Crippen molar-refractivity contribution in [3.8, 4) is 11.8 Å². The van der Waals surface area contributed by atoms with E-state index in [4.69, 9.17) is 0 Å². The normalized spacial score (nSPS) is 14.0. The number of nitrogens with zero attached hydrogens (tertiary/aromatic N) is 4. The summed E-state index contributed by atoms with van der Waals surface area (Å²) in [5, 5.41) is 8.86. The molecule has 0 saturated carbocycles. The van der Waals surface area contributed by atoms with Crippen molar-refractivity contribution in [2.45, 2.75) is 19.9 Å². The van der Waals surface area contributed by atoms with Gasteiger partial charge in [-0.05, 0) is 31.1 Å². The lowest BCUT2D eigenvalue weighted by atomic mass is 10.2. The zero-order chi connectivity index (χ0) is 14.5. The molecule has 106 valence electrons. The lowest BCUT2D eigenvalue weighted by molar-refractivity contribution is 0.413. The van der Waals surface area contributed by atoms with Gasteiger partial charge in [0, 0.05) is 19.5 Å². The molecule has 0 radical (unpaired) electrons. The minimum absolute atomic E-state index is 0.719. The molecule has 0 spiro atoms. The van der Waals surface area contributed by atoms with Gasteiger partial charge in [0.1, 0.15) is 11.0 Å². The van der Waals surface area contributed by atoms with Gasteiger partial charge in [-0.1, -0.05) is 30.2 Å². The third kappa shape index (κ3) is 3.14. The second kappa shape index (κ2) is 6.27. The van der Waals surface area contributed by atoms with E-state index in [0.717, 1.165) is 42.8 Å².